The van der Waals surface area contributed by atoms with E-state index in [0.717, 1.165) is 0 Å². The zero-order valence-electron chi connectivity index (χ0n) is 6.78. The number of pyridine rings is 1. The van der Waals surface area contributed by atoms with Crippen molar-refractivity contribution in [2.75, 3.05) is 0 Å². The van der Waals surface area contributed by atoms with Crippen molar-refractivity contribution >= 4 is 0 Å². The van der Waals surface area contributed by atoms with Crippen LogP contribution in [0.25, 0.3) is 0 Å². The molecule has 0 N–H and O–H groups in total. The molecule has 84 valence electrons. The summed E-state index contributed by atoms with van der Waals surface area (Å²) in [6, 6.07) is 0.0208. The standard InChI is InChI=1S/C7H3F6N.Ir/c8-6(9,10)4-1-5(3-14-2-4)7(11,12)13;/h1-3H;/q;+3. The average molecular weight is 407 g/mol. The molecule has 0 radical (unpaired) electrons. The Morgan fingerprint density at radius 1 is 0.800 bits per heavy atom. The summed E-state index contributed by atoms with van der Waals surface area (Å²) in [6.45, 7) is 0. The van der Waals surface area contributed by atoms with Gasteiger partial charge in [0.05, 0.1) is 11.1 Å². The first-order valence-corrected chi connectivity index (χ1v) is 3.30. The van der Waals surface area contributed by atoms with Gasteiger partial charge in [0, 0.05) is 12.4 Å². The van der Waals surface area contributed by atoms with Crippen LogP contribution in [0.4, 0.5) is 26.3 Å². The van der Waals surface area contributed by atoms with E-state index in [1.807, 2.05) is 0 Å². The summed E-state index contributed by atoms with van der Waals surface area (Å²) in [5.74, 6) is 0. The number of rotatable bonds is 0. The Morgan fingerprint density at radius 3 is 1.40 bits per heavy atom. The summed E-state index contributed by atoms with van der Waals surface area (Å²) >= 11 is 0. The quantitative estimate of drug-likeness (QED) is 0.603. The molecule has 0 atom stereocenters. The topological polar surface area (TPSA) is 12.9 Å². The van der Waals surface area contributed by atoms with E-state index in [4.69, 9.17) is 0 Å². The fraction of sp³-hybridized carbons (Fsp3) is 0.286. The molecule has 1 aromatic rings. The van der Waals surface area contributed by atoms with Gasteiger partial charge < -0.3 is 0 Å². The first kappa shape index (κ1) is 14.4. The molecular weight excluding hydrogens is 404 g/mol. The molecule has 1 aromatic heterocycles. The van der Waals surface area contributed by atoms with Crippen molar-refractivity contribution in [3.8, 4) is 0 Å². The summed E-state index contributed by atoms with van der Waals surface area (Å²) in [4.78, 5) is 2.88. The Hall–Kier alpha value is -0.621. The SMILES string of the molecule is FC(F)(F)c1cncc(C(F)(F)F)c1.[Ir+3]. The summed E-state index contributed by atoms with van der Waals surface area (Å²) in [5, 5.41) is 0. The molecule has 0 aromatic carbocycles. The van der Waals surface area contributed by atoms with E-state index in [9.17, 15) is 26.3 Å². The number of nitrogens with zero attached hydrogens (tertiary/aromatic N) is 1. The van der Waals surface area contributed by atoms with Gasteiger partial charge in [0.25, 0.3) is 0 Å². The molecule has 8 heteroatoms. The number of alkyl halides is 6. The molecule has 0 amide bonds. The molecule has 0 aliphatic heterocycles. The van der Waals surface area contributed by atoms with Crippen LogP contribution < -0.4 is 0 Å². The number of hydrogen-bond acceptors (Lipinski definition) is 1. The van der Waals surface area contributed by atoms with E-state index in [1.165, 1.54) is 0 Å². The van der Waals surface area contributed by atoms with Gasteiger partial charge in [0.1, 0.15) is 0 Å². The number of halogens is 6. The molecule has 1 nitrogen and oxygen atoms in total. The molecule has 0 unspecified atom stereocenters. The molecule has 0 saturated heterocycles. The maximum Gasteiger partial charge on any atom is 3.00 e. The minimum Gasteiger partial charge on any atom is -0.263 e. The maximum atomic E-state index is 11.9. The van der Waals surface area contributed by atoms with Crippen molar-refractivity contribution in [3.63, 3.8) is 0 Å². The Bertz CT molecular complexity index is 302. The summed E-state index contributed by atoms with van der Waals surface area (Å²) in [5.41, 5.74) is -2.82. The van der Waals surface area contributed by atoms with Crippen LogP contribution in [0.2, 0.25) is 0 Å². The van der Waals surface area contributed by atoms with Crippen molar-refractivity contribution in [2.45, 2.75) is 12.4 Å². The fourth-order valence-corrected chi connectivity index (χ4v) is 0.750. The second-order valence-corrected chi connectivity index (χ2v) is 2.46. The molecule has 0 spiro atoms. The predicted molar refractivity (Wildman–Crippen MR) is 34.2 cm³/mol. The van der Waals surface area contributed by atoms with Gasteiger partial charge in [-0.05, 0) is 6.07 Å². The van der Waals surface area contributed by atoms with Gasteiger partial charge in [0.15, 0.2) is 0 Å². The van der Waals surface area contributed by atoms with Gasteiger partial charge in [-0.3, -0.25) is 4.98 Å². The van der Waals surface area contributed by atoms with Crippen LogP contribution in [-0.4, -0.2) is 4.98 Å². The van der Waals surface area contributed by atoms with Gasteiger partial charge in [-0.15, -0.1) is 0 Å². The monoisotopic (exact) mass is 408 g/mol. The van der Waals surface area contributed by atoms with Crippen LogP contribution in [0.5, 0.6) is 0 Å². The van der Waals surface area contributed by atoms with Crippen LogP contribution in [0.15, 0.2) is 18.5 Å². The zero-order valence-corrected chi connectivity index (χ0v) is 9.18. The van der Waals surface area contributed by atoms with Crippen LogP contribution in [0, 0.1) is 0 Å². The zero-order chi connectivity index (χ0) is 11.0. The molecule has 0 bridgehead atoms. The largest absolute Gasteiger partial charge is 3.00 e. The second-order valence-electron chi connectivity index (χ2n) is 2.46. The minimum atomic E-state index is -4.81. The average Bonchev–Trinajstić information content (AvgIpc) is 2.01. The molecule has 0 aliphatic carbocycles. The Labute approximate surface area is 93.9 Å². The van der Waals surface area contributed by atoms with E-state index in [-0.39, 0.29) is 26.2 Å². The Kier molecular flexibility index (Phi) is 4.30. The second kappa shape index (κ2) is 4.49. The number of hydrogen-bond donors (Lipinski definition) is 0. The predicted octanol–water partition coefficient (Wildman–Crippen LogP) is 3.12. The third kappa shape index (κ3) is 3.79. The third-order valence-electron chi connectivity index (χ3n) is 1.39. The third-order valence-corrected chi connectivity index (χ3v) is 1.39. The van der Waals surface area contributed by atoms with Crippen LogP contribution in [0.3, 0.4) is 0 Å². The van der Waals surface area contributed by atoms with Gasteiger partial charge in [0.2, 0.25) is 0 Å². The summed E-state index contributed by atoms with van der Waals surface area (Å²) in [6.07, 6.45) is -8.94. The molecule has 1 rings (SSSR count). The fourth-order valence-electron chi connectivity index (χ4n) is 0.750. The molecule has 0 aliphatic rings. The van der Waals surface area contributed by atoms with Crippen molar-refractivity contribution in [2.24, 2.45) is 0 Å². The van der Waals surface area contributed by atoms with E-state index in [1.54, 1.807) is 0 Å². The van der Waals surface area contributed by atoms with Gasteiger partial charge in [-0.2, -0.15) is 26.3 Å². The van der Waals surface area contributed by atoms with Crippen molar-refractivity contribution < 1.29 is 46.4 Å². The van der Waals surface area contributed by atoms with E-state index in [0.29, 0.717) is 12.4 Å². The van der Waals surface area contributed by atoms with Crippen molar-refractivity contribution in [1.29, 1.82) is 0 Å². The molecule has 1 heterocycles. The van der Waals surface area contributed by atoms with E-state index in [2.05, 4.69) is 4.98 Å². The Morgan fingerprint density at radius 2 is 1.13 bits per heavy atom. The van der Waals surface area contributed by atoms with Crippen molar-refractivity contribution in [1.82, 2.24) is 4.98 Å². The van der Waals surface area contributed by atoms with Crippen LogP contribution in [-0.2, 0) is 32.5 Å². The van der Waals surface area contributed by atoms with Gasteiger partial charge >= 0.3 is 32.5 Å². The van der Waals surface area contributed by atoms with Crippen LogP contribution >= 0.6 is 0 Å². The normalized spacial score (nSPS) is 12.1. The maximum absolute atomic E-state index is 11.9. The van der Waals surface area contributed by atoms with Gasteiger partial charge in [-0.1, -0.05) is 0 Å². The summed E-state index contributed by atoms with van der Waals surface area (Å²) < 4.78 is 71.7. The first-order valence-electron chi connectivity index (χ1n) is 3.30. The smallest absolute Gasteiger partial charge is 0.263 e. The minimum absolute atomic E-state index is 0. The van der Waals surface area contributed by atoms with E-state index >= 15 is 0 Å². The Balaban J connectivity index is 0.00000196. The van der Waals surface area contributed by atoms with Crippen LogP contribution in [0.1, 0.15) is 11.1 Å². The molecular formula is C7H3F6IrN+3. The molecule has 0 saturated carbocycles. The molecule has 0 fully saturated rings. The summed E-state index contributed by atoms with van der Waals surface area (Å²) in [7, 11) is 0. The van der Waals surface area contributed by atoms with Crippen molar-refractivity contribution in [3.05, 3.63) is 29.6 Å². The molecule has 15 heavy (non-hydrogen) atoms. The van der Waals surface area contributed by atoms with E-state index < -0.39 is 23.5 Å². The number of aromatic nitrogens is 1. The van der Waals surface area contributed by atoms with Gasteiger partial charge in [-0.25, -0.2) is 0 Å². The first-order chi connectivity index (χ1) is 6.21.